The summed E-state index contributed by atoms with van der Waals surface area (Å²) in [6.45, 7) is 2.24. The minimum absolute atomic E-state index is 0.0469. The predicted octanol–water partition coefficient (Wildman–Crippen LogP) is 1.76. The van der Waals surface area contributed by atoms with Crippen molar-refractivity contribution in [2.75, 3.05) is 9.62 Å². The molecule has 0 unspecified atom stereocenters. The number of hydrogen-bond acceptors (Lipinski definition) is 6. The molecule has 3 rings (SSSR count). The molecule has 2 aromatic carbocycles. The maximum absolute atomic E-state index is 12.6. The van der Waals surface area contributed by atoms with E-state index in [1.807, 2.05) is 0 Å². The van der Waals surface area contributed by atoms with Crippen LogP contribution in [0.1, 0.15) is 13.8 Å². The average molecular weight is 349 g/mol. The molecule has 1 aliphatic heterocycles. The first kappa shape index (κ1) is 15.9. The van der Waals surface area contributed by atoms with Crippen LogP contribution >= 0.6 is 0 Å². The molecule has 0 atom stereocenters. The second-order valence-electron chi connectivity index (χ2n) is 5.20. The zero-order chi connectivity index (χ0) is 17.8. The Hall–Kier alpha value is -3.01. The van der Waals surface area contributed by atoms with E-state index >= 15 is 0 Å². The molecule has 124 valence electrons. The second-order valence-corrected chi connectivity index (χ2v) is 6.95. The monoisotopic (exact) mass is 349 g/mol. The predicted molar refractivity (Wildman–Crippen MR) is 85.3 cm³/mol. The number of nitrogens with zero attached hydrogens (tertiary/aromatic N) is 2. The fourth-order valence-electron chi connectivity index (χ4n) is 2.81. The Morgan fingerprint density at radius 2 is 1.92 bits per heavy atom. The third kappa shape index (κ3) is 2.03. The van der Waals surface area contributed by atoms with Gasteiger partial charge in [0, 0.05) is 25.3 Å². The highest BCUT2D eigenvalue weighted by Crippen LogP contribution is 2.49. The number of amides is 2. The Bertz CT molecular complexity index is 1040. The van der Waals surface area contributed by atoms with Gasteiger partial charge in [-0.25, -0.2) is 12.7 Å². The third-order valence-electron chi connectivity index (χ3n) is 3.59. The van der Waals surface area contributed by atoms with Crippen molar-refractivity contribution in [2.24, 2.45) is 0 Å². The summed E-state index contributed by atoms with van der Waals surface area (Å²) in [6.07, 6.45) is 0. The number of carbonyl (C=O) groups is 2. The van der Waals surface area contributed by atoms with Crippen LogP contribution in [0.3, 0.4) is 0 Å². The lowest BCUT2D eigenvalue weighted by Gasteiger charge is -2.17. The molecular weight excluding hydrogens is 338 g/mol. The van der Waals surface area contributed by atoms with Crippen LogP contribution in [0.15, 0.2) is 29.2 Å². The number of sulfonamides is 1. The van der Waals surface area contributed by atoms with Gasteiger partial charge in [0.05, 0.1) is 26.6 Å². The van der Waals surface area contributed by atoms with Crippen LogP contribution in [-0.2, 0) is 19.6 Å². The number of carbonyl (C=O) groups excluding carboxylic acids is 2. The molecule has 2 aromatic rings. The van der Waals surface area contributed by atoms with Gasteiger partial charge in [0.15, 0.2) is 0 Å². The van der Waals surface area contributed by atoms with Crippen molar-refractivity contribution in [3.8, 4) is 0 Å². The van der Waals surface area contributed by atoms with E-state index < -0.39 is 26.8 Å². The largest absolute Gasteiger partial charge is 0.324 e. The molecule has 1 heterocycles. The maximum Gasteiger partial charge on any atom is 0.279 e. The van der Waals surface area contributed by atoms with E-state index in [2.05, 4.69) is 5.32 Å². The van der Waals surface area contributed by atoms with Gasteiger partial charge in [0.2, 0.25) is 11.8 Å². The van der Waals surface area contributed by atoms with Gasteiger partial charge in [-0.1, -0.05) is 6.07 Å². The van der Waals surface area contributed by atoms with Crippen LogP contribution in [0.5, 0.6) is 0 Å². The highest BCUT2D eigenvalue weighted by atomic mass is 32.2. The lowest BCUT2D eigenvalue weighted by atomic mass is 10.0. The summed E-state index contributed by atoms with van der Waals surface area (Å²) in [5, 5.41) is 13.8. The summed E-state index contributed by atoms with van der Waals surface area (Å²) in [5.41, 5.74) is -0.542. The van der Waals surface area contributed by atoms with E-state index in [-0.39, 0.29) is 32.7 Å². The number of benzene rings is 2. The van der Waals surface area contributed by atoms with Crippen LogP contribution < -0.4 is 9.62 Å². The standard InChI is InChI=1S/C14H11N3O6S/c1-7(18)15-10-6-11(17(20)21)9-4-3-5-12-13(9)14(10)16(8(2)19)24(12,22)23/h3-6H,1-2H3,(H,15,18). The first-order valence-electron chi connectivity index (χ1n) is 6.74. The van der Waals surface area contributed by atoms with Crippen LogP contribution in [0.2, 0.25) is 0 Å². The molecule has 0 bridgehead atoms. The molecule has 1 N–H and O–H groups in total. The normalized spacial score (nSPS) is 14.7. The fourth-order valence-corrected chi connectivity index (χ4v) is 4.49. The molecule has 24 heavy (non-hydrogen) atoms. The van der Waals surface area contributed by atoms with Crippen molar-refractivity contribution in [3.63, 3.8) is 0 Å². The van der Waals surface area contributed by atoms with Crippen molar-refractivity contribution in [1.29, 1.82) is 0 Å². The molecule has 2 amide bonds. The first-order valence-corrected chi connectivity index (χ1v) is 8.18. The zero-order valence-corrected chi connectivity index (χ0v) is 13.4. The Labute approximate surface area is 136 Å². The quantitative estimate of drug-likeness (QED) is 0.650. The van der Waals surface area contributed by atoms with E-state index in [1.54, 1.807) is 0 Å². The molecule has 0 aliphatic carbocycles. The van der Waals surface area contributed by atoms with Crippen LogP contribution in [-0.4, -0.2) is 25.2 Å². The summed E-state index contributed by atoms with van der Waals surface area (Å²) in [4.78, 5) is 33.8. The van der Waals surface area contributed by atoms with Gasteiger partial charge in [-0.2, -0.15) is 0 Å². The minimum Gasteiger partial charge on any atom is -0.324 e. The molecule has 10 heteroatoms. The summed E-state index contributed by atoms with van der Waals surface area (Å²) in [7, 11) is -4.19. The van der Waals surface area contributed by atoms with Crippen molar-refractivity contribution >= 4 is 49.7 Å². The number of nitrogens with one attached hydrogen (secondary N) is 1. The SMILES string of the molecule is CC(=O)Nc1cc([N+](=O)[O-])c2cccc3c2c1N(C(C)=O)S3(=O)=O. The summed E-state index contributed by atoms with van der Waals surface area (Å²) < 4.78 is 25.9. The maximum atomic E-state index is 12.6. The van der Waals surface area contributed by atoms with Gasteiger partial charge in [0.1, 0.15) is 0 Å². The van der Waals surface area contributed by atoms with Crippen LogP contribution in [0, 0.1) is 10.1 Å². The number of nitro groups is 1. The van der Waals surface area contributed by atoms with Crippen molar-refractivity contribution in [2.45, 2.75) is 18.7 Å². The number of hydrogen-bond donors (Lipinski definition) is 1. The Kier molecular flexibility index (Phi) is 3.30. The molecular formula is C14H11N3O6S. The highest BCUT2D eigenvalue weighted by Gasteiger charge is 2.42. The Morgan fingerprint density at radius 1 is 1.25 bits per heavy atom. The van der Waals surface area contributed by atoms with E-state index in [1.165, 1.54) is 25.1 Å². The van der Waals surface area contributed by atoms with Gasteiger partial charge in [-0.05, 0) is 12.1 Å². The van der Waals surface area contributed by atoms with Gasteiger partial charge >= 0.3 is 0 Å². The number of non-ortho nitro benzene ring substituents is 1. The van der Waals surface area contributed by atoms with E-state index in [0.717, 1.165) is 13.0 Å². The third-order valence-corrected chi connectivity index (χ3v) is 5.41. The molecule has 0 saturated heterocycles. The Morgan fingerprint density at radius 3 is 2.46 bits per heavy atom. The lowest BCUT2D eigenvalue weighted by Crippen LogP contribution is -2.32. The van der Waals surface area contributed by atoms with E-state index in [0.29, 0.717) is 4.31 Å². The fraction of sp³-hybridized carbons (Fsp3) is 0.143. The first-order chi connectivity index (χ1) is 11.2. The number of rotatable bonds is 2. The average Bonchev–Trinajstić information content (AvgIpc) is 2.71. The second kappa shape index (κ2) is 4.99. The van der Waals surface area contributed by atoms with Crippen LogP contribution in [0.25, 0.3) is 10.8 Å². The topological polar surface area (TPSA) is 127 Å². The number of anilines is 2. The van der Waals surface area contributed by atoms with Crippen molar-refractivity contribution < 1.29 is 22.9 Å². The van der Waals surface area contributed by atoms with Gasteiger partial charge in [-0.3, -0.25) is 19.7 Å². The smallest absolute Gasteiger partial charge is 0.279 e. The molecule has 0 spiro atoms. The molecule has 0 radical (unpaired) electrons. The van der Waals surface area contributed by atoms with Gasteiger partial charge < -0.3 is 5.32 Å². The van der Waals surface area contributed by atoms with E-state index in [9.17, 15) is 28.1 Å². The highest BCUT2D eigenvalue weighted by molar-refractivity contribution is 7.94. The van der Waals surface area contributed by atoms with Gasteiger partial charge in [0.25, 0.3) is 15.7 Å². The number of nitro benzene ring substituents is 1. The molecule has 0 saturated carbocycles. The lowest BCUT2D eigenvalue weighted by molar-refractivity contribution is -0.383. The van der Waals surface area contributed by atoms with Crippen molar-refractivity contribution in [3.05, 3.63) is 34.4 Å². The van der Waals surface area contributed by atoms with E-state index in [4.69, 9.17) is 0 Å². The summed E-state index contributed by atoms with van der Waals surface area (Å²) in [5.74, 6) is -1.34. The molecule has 1 aliphatic rings. The zero-order valence-electron chi connectivity index (χ0n) is 12.6. The molecule has 9 nitrogen and oxygen atoms in total. The molecule has 0 fully saturated rings. The Balaban J connectivity index is 2.55. The van der Waals surface area contributed by atoms with Crippen LogP contribution in [0.4, 0.5) is 17.1 Å². The summed E-state index contributed by atoms with van der Waals surface area (Å²) >= 11 is 0. The summed E-state index contributed by atoms with van der Waals surface area (Å²) in [6, 6.07) is 5.09. The minimum atomic E-state index is -4.19. The molecule has 0 aromatic heterocycles. The van der Waals surface area contributed by atoms with Crippen molar-refractivity contribution in [1.82, 2.24) is 0 Å². The van der Waals surface area contributed by atoms with Gasteiger partial charge in [-0.15, -0.1) is 0 Å².